The summed E-state index contributed by atoms with van der Waals surface area (Å²) in [4.78, 5) is 0. The molecule has 0 heterocycles. The quantitative estimate of drug-likeness (QED) is 0.854. The summed E-state index contributed by atoms with van der Waals surface area (Å²) in [6.07, 6.45) is 1.03. The Morgan fingerprint density at radius 2 is 1.68 bits per heavy atom. The second-order valence-corrected chi connectivity index (χ2v) is 7.20. The predicted octanol–water partition coefficient (Wildman–Crippen LogP) is 4.64. The summed E-state index contributed by atoms with van der Waals surface area (Å²) in [5, 5.41) is 10.2. The Hall–Kier alpha value is -0.440. The Morgan fingerprint density at radius 1 is 1.16 bits per heavy atom. The van der Waals surface area contributed by atoms with Crippen LogP contribution in [0.25, 0.3) is 0 Å². The van der Waals surface area contributed by atoms with Crippen molar-refractivity contribution in [2.75, 3.05) is 0 Å². The van der Waals surface area contributed by atoms with Crippen molar-refractivity contribution >= 4 is 24.0 Å². The van der Waals surface area contributed by atoms with Crippen molar-refractivity contribution in [1.29, 1.82) is 0 Å². The first-order valence-corrected chi connectivity index (χ1v) is 6.66. The van der Waals surface area contributed by atoms with Crippen LogP contribution in [0.4, 0.5) is 0 Å². The standard InChI is InChI=1S/C15H24ClNO.ClH/c1-14(2,3)9-15(4,5)11-6-10(8-17)13(18)12(16)7-11;/h6-7,18H,8-9,17H2,1-5H3;1H. The second-order valence-electron chi connectivity index (χ2n) is 6.79. The minimum absolute atomic E-state index is 0. The molecule has 110 valence electrons. The van der Waals surface area contributed by atoms with E-state index in [1.165, 1.54) is 0 Å². The van der Waals surface area contributed by atoms with E-state index in [1.807, 2.05) is 12.1 Å². The molecule has 1 aromatic rings. The number of benzene rings is 1. The molecule has 0 radical (unpaired) electrons. The van der Waals surface area contributed by atoms with E-state index in [2.05, 4.69) is 34.6 Å². The highest BCUT2D eigenvalue weighted by Gasteiger charge is 2.28. The Balaban J connectivity index is 0.00000324. The molecule has 0 aliphatic heterocycles. The van der Waals surface area contributed by atoms with Gasteiger partial charge in [-0.2, -0.15) is 0 Å². The summed E-state index contributed by atoms with van der Waals surface area (Å²) >= 11 is 6.07. The zero-order chi connectivity index (χ0) is 14.1. The van der Waals surface area contributed by atoms with Gasteiger partial charge in [0.2, 0.25) is 0 Å². The lowest BCUT2D eigenvalue weighted by Gasteiger charge is -2.33. The molecule has 0 aliphatic carbocycles. The van der Waals surface area contributed by atoms with Crippen molar-refractivity contribution in [2.24, 2.45) is 11.1 Å². The summed E-state index contributed by atoms with van der Waals surface area (Å²) in [5.74, 6) is 0.106. The third-order valence-electron chi connectivity index (χ3n) is 3.12. The van der Waals surface area contributed by atoms with E-state index in [1.54, 1.807) is 0 Å². The van der Waals surface area contributed by atoms with Gasteiger partial charge >= 0.3 is 0 Å². The monoisotopic (exact) mass is 305 g/mol. The normalized spacial score (nSPS) is 12.2. The van der Waals surface area contributed by atoms with E-state index in [0.717, 1.165) is 12.0 Å². The molecule has 1 aromatic carbocycles. The average Bonchev–Trinajstić information content (AvgIpc) is 2.18. The molecule has 19 heavy (non-hydrogen) atoms. The van der Waals surface area contributed by atoms with Crippen LogP contribution in [-0.2, 0) is 12.0 Å². The van der Waals surface area contributed by atoms with Gasteiger partial charge in [0.15, 0.2) is 0 Å². The first-order valence-electron chi connectivity index (χ1n) is 6.29. The van der Waals surface area contributed by atoms with E-state index in [0.29, 0.717) is 17.1 Å². The lowest BCUT2D eigenvalue weighted by Crippen LogP contribution is -2.25. The van der Waals surface area contributed by atoms with Crippen LogP contribution < -0.4 is 5.73 Å². The molecule has 3 N–H and O–H groups in total. The third-order valence-corrected chi connectivity index (χ3v) is 3.40. The molecule has 0 saturated carbocycles. The van der Waals surface area contributed by atoms with Crippen LogP contribution in [-0.4, -0.2) is 5.11 Å². The maximum Gasteiger partial charge on any atom is 0.138 e. The summed E-state index contributed by atoms with van der Waals surface area (Å²) < 4.78 is 0. The van der Waals surface area contributed by atoms with Gasteiger partial charge in [-0.3, -0.25) is 0 Å². The maximum atomic E-state index is 9.81. The molecule has 0 spiro atoms. The Kier molecular flexibility index (Phi) is 6.19. The molecule has 0 fully saturated rings. The SMILES string of the molecule is CC(C)(C)CC(C)(C)c1cc(Cl)c(O)c(CN)c1.Cl. The molecule has 0 atom stereocenters. The predicted molar refractivity (Wildman–Crippen MR) is 85.4 cm³/mol. The van der Waals surface area contributed by atoms with Crippen molar-refractivity contribution in [3.63, 3.8) is 0 Å². The fourth-order valence-electron chi connectivity index (χ4n) is 2.63. The lowest BCUT2D eigenvalue weighted by atomic mass is 9.72. The van der Waals surface area contributed by atoms with Gasteiger partial charge in [-0.05, 0) is 28.9 Å². The van der Waals surface area contributed by atoms with Gasteiger partial charge in [-0.15, -0.1) is 12.4 Å². The molecule has 4 heteroatoms. The van der Waals surface area contributed by atoms with Crippen LogP contribution in [0.1, 0.15) is 52.2 Å². The van der Waals surface area contributed by atoms with E-state index < -0.39 is 0 Å². The minimum Gasteiger partial charge on any atom is -0.506 e. The van der Waals surface area contributed by atoms with Gasteiger partial charge < -0.3 is 10.8 Å². The highest BCUT2D eigenvalue weighted by Crippen LogP contribution is 2.39. The highest BCUT2D eigenvalue weighted by atomic mass is 35.5. The largest absolute Gasteiger partial charge is 0.506 e. The van der Waals surface area contributed by atoms with Crippen molar-refractivity contribution < 1.29 is 5.11 Å². The minimum atomic E-state index is -0.000486. The maximum absolute atomic E-state index is 9.81. The van der Waals surface area contributed by atoms with E-state index in [-0.39, 0.29) is 29.0 Å². The van der Waals surface area contributed by atoms with Crippen LogP contribution >= 0.6 is 24.0 Å². The van der Waals surface area contributed by atoms with Gasteiger partial charge in [0.05, 0.1) is 5.02 Å². The van der Waals surface area contributed by atoms with Crippen LogP contribution in [0, 0.1) is 5.41 Å². The van der Waals surface area contributed by atoms with Gasteiger partial charge in [0.25, 0.3) is 0 Å². The number of aromatic hydroxyl groups is 1. The lowest BCUT2D eigenvalue weighted by molar-refractivity contribution is 0.284. The molecule has 0 bridgehead atoms. The van der Waals surface area contributed by atoms with Crippen molar-refractivity contribution in [3.8, 4) is 5.75 Å². The van der Waals surface area contributed by atoms with Crippen molar-refractivity contribution in [2.45, 2.75) is 53.0 Å². The second kappa shape index (κ2) is 6.34. The molecule has 0 aliphatic rings. The summed E-state index contributed by atoms with van der Waals surface area (Å²) in [6, 6.07) is 3.81. The van der Waals surface area contributed by atoms with Crippen LogP contribution in [0.5, 0.6) is 5.75 Å². The van der Waals surface area contributed by atoms with Crippen LogP contribution in [0.3, 0.4) is 0 Å². The smallest absolute Gasteiger partial charge is 0.138 e. The van der Waals surface area contributed by atoms with Gasteiger partial charge in [-0.25, -0.2) is 0 Å². The molecular weight excluding hydrogens is 281 g/mol. The molecule has 0 saturated heterocycles. The topological polar surface area (TPSA) is 46.2 Å². The molecule has 0 unspecified atom stereocenters. The van der Waals surface area contributed by atoms with E-state index in [4.69, 9.17) is 17.3 Å². The molecule has 0 aromatic heterocycles. The zero-order valence-electron chi connectivity index (χ0n) is 12.4. The number of hydrogen-bond acceptors (Lipinski definition) is 2. The van der Waals surface area contributed by atoms with Crippen molar-refractivity contribution in [3.05, 3.63) is 28.3 Å². The third kappa shape index (κ3) is 4.87. The number of phenolic OH excluding ortho intramolecular Hbond substituents is 1. The van der Waals surface area contributed by atoms with Crippen LogP contribution in [0.15, 0.2) is 12.1 Å². The van der Waals surface area contributed by atoms with Crippen molar-refractivity contribution in [1.82, 2.24) is 0 Å². The number of hydrogen-bond donors (Lipinski definition) is 2. The Morgan fingerprint density at radius 3 is 2.11 bits per heavy atom. The summed E-state index contributed by atoms with van der Waals surface area (Å²) in [6.45, 7) is 11.4. The number of rotatable bonds is 3. The molecule has 1 rings (SSSR count). The average molecular weight is 306 g/mol. The van der Waals surface area contributed by atoms with Gasteiger partial charge in [0.1, 0.15) is 5.75 Å². The number of nitrogens with two attached hydrogens (primary N) is 1. The Labute approximate surface area is 127 Å². The fraction of sp³-hybridized carbons (Fsp3) is 0.600. The van der Waals surface area contributed by atoms with Gasteiger partial charge in [0, 0.05) is 12.1 Å². The number of phenols is 1. The first-order chi connectivity index (χ1) is 8.07. The Bertz CT molecular complexity index is 437. The molecule has 2 nitrogen and oxygen atoms in total. The molecular formula is C15H25Cl2NO. The molecule has 0 amide bonds. The first kappa shape index (κ1) is 18.6. The summed E-state index contributed by atoms with van der Waals surface area (Å²) in [5.41, 5.74) is 7.71. The van der Waals surface area contributed by atoms with Crippen LogP contribution in [0.2, 0.25) is 5.02 Å². The van der Waals surface area contributed by atoms with Gasteiger partial charge in [-0.1, -0.05) is 52.3 Å². The highest BCUT2D eigenvalue weighted by molar-refractivity contribution is 6.32. The fourth-order valence-corrected chi connectivity index (χ4v) is 2.87. The van der Waals surface area contributed by atoms with E-state index in [9.17, 15) is 5.11 Å². The van der Waals surface area contributed by atoms with E-state index >= 15 is 0 Å². The zero-order valence-corrected chi connectivity index (χ0v) is 14.0. The number of halogens is 2. The summed E-state index contributed by atoms with van der Waals surface area (Å²) in [7, 11) is 0.